The summed E-state index contributed by atoms with van der Waals surface area (Å²) in [4.78, 5) is 28.3. The lowest BCUT2D eigenvalue weighted by molar-refractivity contribution is -0.120. The van der Waals surface area contributed by atoms with Gasteiger partial charge in [-0.05, 0) is 80.3 Å². The monoisotopic (exact) mass is 430 g/mol. The van der Waals surface area contributed by atoms with E-state index in [4.69, 9.17) is 11.6 Å². The number of nitrogens with one attached hydrogen (secondary N) is 1. The summed E-state index contributed by atoms with van der Waals surface area (Å²) in [6, 6.07) is 18.7. The van der Waals surface area contributed by atoms with Gasteiger partial charge in [-0.2, -0.15) is 0 Å². The molecular formula is C26H23ClN2O2. The van der Waals surface area contributed by atoms with Crippen LogP contribution in [0, 0.1) is 27.7 Å². The molecule has 1 aliphatic heterocycles. The second kappa shape index (κ2) is 8.05. The van der Waals surface area contributed by atoms with Crippen molar-refractivity contribution in [3.63, 3.8) is 0 Å². The molecule has 4 rings (SSSR count). The average molecular weight is 431 g/mol. The third-order valence-corrected chi connectivity index (χ3v) is 5.84. The zero-order chi connectivity index (χ0) is 22.3. The molecule has 0 radical (unpaired) electrons. The lowest BCUT2D eigenvalue weighted by atomic mass is 9.99. The van der Waals surface area contributed by atoms with Gasteiger partial charge in [-0.15, -0.1) is 0 Å². The highest BCUT2D eigenvalue weighted by Gasteiger charge is 2.40. The molecule has 31 heavy (non-hydrogen) atoms. The summed E-state index contributed by atoms with van der Waals surface area (Å²) < 4.78 is 0. The first-order valence-electron chi connectivity index (χ1n) is 10.1. The van der Waals surface area contributed by atoms with E-state index < -0.39 is 0 Å². The van der Waals surface area contributed by atoms with Crippen molar-refractivity contribution in [2.75, 3.05) is 10.2 Å². The maximum absolute atomic E-state index is 13.6. The number of amides is 2. The van der Waals surface area contributed by atoms with E-state index in [0.717, 1.165) is 27.9 Å². The maximum Gasteiger partial charge on any atom is 0.282 e. The van der Waals surface area contributed by atoms with E-state index in [1.54, 1.807) is 18.2 Å². The molecule has 1 aliphatic rings. The molecule has 0 saturated carbocycles. The number of halogens is 1. The molecule has 156 valence electrons. The molecule has 0 aliphatic carbocycles. The molecule has 0 spiro atoms. The second-order valence-corrected chi connectivity index (χ2v) is 8.35. The molecule has 1 heterocycles. The third kappa shape index (κ3) is 3.87. The third-order valence-electron chi connectivity index (χ3n) is 5.60. The maximum atomic E-state index is 13.6. The van der Waals surface area contributed by atoms with Crippen LogP contribution in [0.2, 0.25) is 5.02 Å². The number of hydrogen-bond donors (Lipinski definition) is 1. The van der Waals surface area contributed by atoms with Gasteiger partial charge in [-0.25, -0.2) is 4.90 Å². The summed E-state index contributed by atoms with van der Waals surface area (Å²) >= 11 is 6.09. The average Bonchev–Trinajstić information content (AvgIpc) is 2.96. The van der Waals surface area contributed by atoms with E-state index in [0.29, 0.717) is 21.8 Å². The highest BCUT2D eigenvalue weighted by molar-refractivity contribution is 6.46. The molecular weight excluding hydrogens is 408 g/mol. The lowest BCUT2D eigenvalue weighted by Gasteiger charge is -2.18. The van der Waals surface area contributed by atoms with E-state index in [1.165, 1.54) is 4.90 Å². The SMILES string of the molecule is Cc1ccc(NC2=C(c3ccc(C)c(C)c3)C(=O)N(c3ccc(Cl)cc3C)C2=O)cc1. The number of benzene rings is 3. The van der Waals surface area contributed by atoms with Gasteiger partial charge >= 0.3 is 0 Å². The summed E-state index contributed by atoms with van der Waals surface area (Å²) in [6.45, 7) is 7.85. The van der Waals surface area contributed by atoms with E-state index >= 15 is 0 Å². The van der Waals surface area contributed by atoms with Crippen molar-refractivity contribution in [2.24, 2.45) is 0 Å². The number of hydrogen-bond acceptors (Lipinski definition) is 3. The van der Waals surface area contributed by atoms with Gasteiger partial charge in [-0.3, -0.25) is 9.59 Å². The largest absolute Gasteiger partial charge is 0.350 e. The summed E-state index contributed by atoms with van der Waals surface area (Å²) in [5.74, 6) is -0.738. The van der Waals surface area contributed by atoms with Gasteiger partial charge in [0.25, 0.3) is 11.8 Å². The molecule has 0 fully saturated rings. The van der Waals surface area contributed by atoms with Crippen molar-refractivity contribution in [3.05, 3.63) is 99.2 Å². The topological polar surface area (TPSA) is 49.4 Å². The van der Waals surface area contributed by atoms with Crippen molar-refractivity contribution in [2.45, 2.75) is 27.7 Å². The fourth-order valence-electron chi connectivity index (χ4n) is 3.68. The van der Waals surface area contributed by atoms with Crippen molar-refractivity contribution >= 4 is 40.4 Å². The van der Waals surface area contributed by atoms with E-state index in [2.05, 4.69) is 5.32 Å². The molecule has 3 aromatic rings. The van der Waals surface area contributed by atoms with Crippen molar-refractivity contribution in [3.8, 4) is 0 Å². The Hall–Kier alpha value is -3.37. The number of carbonyl (C=O) groups is 2. The summed E-state index contributed by atoms with van der Waals surface area (Å²) in [5, 5.41) is 3.76. The van der Waals surface area contributed by atoms with Crippen molar-refractivity contribution < 1.29 is 9.59 Å². The van der Waals surface area contributed by atoms with Crippen LogP contribution in [0.5, 0.6) is 0 Å². The number of rotatable bonds is 4. The molecule has 0 saturated heterocycles. The molecule has 0 unspecified atom stereocenters. The molecule has 0 aromatic heterocycles. The van der Waals surface area contributed by atoms with Gasteiger partial charge in [0.05, 0.1) is 11.3 Å². The van der Waals surface area contributed by atoms with E-state index in [9.17, 15) is 9.59 Å². The molecule has 4 nitrogen and oxygen atoms in total. The fraction of sp³-hybridized carbons (Fsp3) is 0.154. The first-order chi connectivity index (χ1) is 14.8. The van der Waals surface area contributed by atoms with Crippen molar-refractivity contribution in [1.82, 2.24) is 0 Å². The Bertz CT molecular complexity index is 1240. The number of anilines is 2. The Morgan fingerprint density at radius 3 is 2.10 bits per heavy atom. The lowest BCUT2D eigenvalue weighted by Crippen LogP contribution is -2.33. The van der Waals surface area contributed by atoms with Crippen LogP contribution in [0.4, 0.5) is 11.4 Å². The summed E-state index contributed by atoms with van der Waals surface area (Å²) in [6.07, 6.45) is 0. The molecule has 5 heteroatoms. The normalized spacial score (nSPS) is 13.9. The minimum atomic E-state index is -0.385. The van der Waals surface area contributed by atoms with Gasteiger partial charge in [0.1, 0.15) is 5.70 Å². The Morgan fingerprint density at radius 1 is 0.742 bits per heavy atom. The first-order valence-corrected chi connectivity index (χ1v) is 10.4. The predicted molar refractivity (Wildman–Crippen MR) is 126 cm³/mol. The van der Waals surface area contributed by atoms with Crippen LogP contribution >= 0.6 is 11.6 Å². The Morgan fingerprint density at radius 2 is 1.45 bits per heavy atom. The van der Waals surface area contributed by atoms with Crippen LogP contribution in [0.3, 0.4) is 0 Å². The molecule has 2 amide bonds. The number of imide groups is 1. The predicted octanol–water partition coefficient (Wildman–Crippen LogP) is 5.97. The van der Waals surface area contributed by atoms with Crippen LogP contribution in [0.1, 0.15) is 27.8 Å². The smallest absolute Gasteiger partial charge is 0.282 e. The van der Waals surface area contributed by atoms with Gasteiger partial charge < -0.3 is 5.32 Å². The van der Waals surface area contributed by atoms with Crippen LogP contribution in [-0.2, 0) is 9.59 Å². The zero-order valence-corrected chi connectivity index (χ0v) is 18.7. The van der Waals surface area contributed by atoms with Gasteiger partial charge in [0.15, 0.2) is 0 Å². The number of carbonyl (C=O) groups excluding carboxylic acids is 2. The quantitative estimate of drug-likeness (QED) is 0.518. The Kier molecular flexibility index (Phi) is 5.42. The first kappa shape index (κ1) is 20.9. The summed E-state index contributed by atoms with van der Waals surface area (Å²) in [7, 11) is 0. The fourth-order valence-corrected chi connectivity index (χ4v) is 3.91. The molecule has 1 N–H and O–H groups in total. The molecule has 0 bridgehead atoms. The van der Waals surface area contributed by atoms with Gasteiger partial charge in [0.2, 0.25) is 0 Å². The summed E-state index contributed by atoms with van der Waals surface area (Å²) in [5.41, 5.74) is 6.67. The van der Waals surface area contributed by atoms with Crippen LogP contribution in [0.15, 0.2) is 66.4 Å². The highest BCUT2D eigenvalue weighted by atomic mass is 35.5. The molecule has 0 atom stereocenters. The highest BCUT2D eigenvalue weighted by Crippen LogP contribution is 2.36. The minimum Gasteiger partial charge on any atom is -0.350 e. The molecule has 3 aromatic carbocycles. The zero-order valence-electron chi connectivity index (χ0n) is 17.9. The number of nitrogens with zero attached hydrogens (tertiary/aromatic N) is 1. The minimum absolute atomic E-state index is 0.270. The van der Waals surface area contributed by atoms with Crippen LogP contribution < -0.4 is 10.2 Å². The second-order valence-electron chi connectivity index (χ2n) is 7.92. The standard InChI is InChI=1S/C26H23ClN2O2/c1-15-5-10-21(11-6-15)28-24-23(19-8-7-16(2)17(3)13-19)25(30)29(26(24)31)22-12-9-20(27)14-18(22)4/h5-14,28H,1-4H3. The van der Waals surface area contributed by atoms with E-state index in [-0.39, 0.29) is 17.5 Å². The van der Waals surface area contributed by atoms with Crippen LogP contribution in [-0.4, -0.2) is 11.8 Å². The van der Waals surface area contributed by atoms with Crippen LogP contribution in [0.25, 0.3) is 5.57 Å². The number of aryl methyl sites for hydroxylation is 4. The van der Waals surface area contributed by atoms with E-state index in [1.807, 2.05) is 70.2 Å². The van der Waals surface area contributed by atoms with Crippen molar-refractivity contribution in [1.29, 1.82) is 0 Å². The Labute approximate surface area is 187 Å². The van der Waals surface area contributed by atoms with Gasteiger partial charge in [-0.1, -0.05) is 47.5 Å². The Balaban J connectivity index is 1.85. The van der Waals surface area contributed by atoms with Gasteiger partial charge in [0, 0.05) is 10.7 Å².